The summed E-state index contributed by atoms with van der Waals surface area (Å²) >= 11 is 8.33. The van der Waals surface area contributed by atoms with Crippen LogP contribution in [0.25, 0.3) is 10.1 Å². The summed E-state index contributed by atoms with van der Waals surface area (Å²) in [6.07, 6.45) is 5.33. The third-order valence-electron chi connectivity index (χ3n) is 4.62. The normalized spacial score (nSPS) is 22.2. The largest absolute Gasteiger partial charge is 0.309 e. The predicted octanol–water partition coefficient (Wildman–Crippen LogP) is 5.61. The number of nitrogens with one attached hydrogen (secondary N) is 1. The van der Waals surface area contributed by atoms with E-state index in [2.05, 4.69) is 43.4 Å². The molecule has 3 heteroatoms. The highest BCUT2D eigenvalue weighted by Gasteiger charge is 2.31. The zero-order valence-electron chi connectivity index (χ0n) is 12.2. The maximum atomic E-state index is 6.52. The van der Waals surface area contributed by atoms with Gasteiger partial charge in [0.25, 0.3) is 0 Å². The molecule has 3 rings (SSSR count). The number of fused-ring (bicyclic) bond motifs is 1. The monoisotopic (exact) mass is 307 g/mol. The van der Waals surface area contributed by atoms with Gasteiger partial charge in [-0.3, -0.25) is 0 Å². The zero-order valence-corrected chi connectivity index (χ0v) is 13.8. The molecule has 1 N–H and O–H groups in total. The first-order chi connectivity index (χ1) is 9.58. The van der Waals surface area contributed by atoms with Crippen LogP contribution in [0.1, 0.15) is 44.4 Å². The molecule has 20 heavy (non-hydrogen) atoms. The van der Waals surface area contributed by atoms with Crippen molar-refractivity contribution >= 4 is 33.0 Å². The molecule has 0 bridgehead atoms. The molecule has 1 nitrogen and oxygen atoms in total. The average Bonchev–Trinajstić information content (AvgIpc) is 2.74. The van der Waals surface area contributed by atoms with Crippen molar-refractivity contribution in [2.75, 3.05) is 0 Å². The number of hydrogen-bond acceptors (Lipinski definition) is 2. The minimum absolute atomic E-state index is 0.404. The van der Waals surface area contributed by atoms with Crippen molar-refractivity contribution in [3.63, 3.8) is 0 Å². The van der Waals surface area contributed by atoms with E-state index in [9.17, 15) is 0 Å². The van der Waals surface area contributed by atoms with Crippen LogP contribution in [0, 0.1) is 5.41 Å². The Labute approximate surface area is 130 Å². The fourth-order valence-electron chi connectivity index (χ4n) is 3.27. The van der Waals surface area contributed by atoms with E-state index in [1.807, 2.05) is 11.3 Å². The molecule has 1 aromatic carbocycles. The van der Waals surface area contributed by atoms with Crippen LogP contribution in [-0.4, -0.2) is 6.04 Å². The lowest BCUT2D eigenvalue weighted by Gasteiger charge is -2.39. The predicted molar refractivity (Wildman–Crippen MR) is 89.7 cm³/mol. The summed E-state index contributed by atoms with van der Waals surface area (Å²) < 4.78 is 1.29. The van der Waals surface area contributed by atoms with Crippen molar-refractivity contribution in [2.45, 2.75) is 52.1 Å². The highest BCUT2D eigenvalue weighted by molar-refractivity contribution is 7.19. The number of halogens is 1. The standard InChI is InChI=1S/C17H22ClNS/c1-17(2)10-6-5-9-15(17)19-11-14-16(18)12-7-3-4-8-13(12)20-14/h3-4,7-8,15,19H,5-6,9-11H2,1-2H3. The van der Waals surface area contributed by atoms with Crippen molar-refractivity contribution in [2.24, 2.45) is 5.41 Å². The van der Waals surface area contributed by atoms with Crippen LogP contribution in [0.3, 0.4) is 0 Å². The van der Waals surface area contributed by atoms with E-state index in [4.69, 9.17) is 11.6 Å². The maximum absolute atomic E-state index is 6.52. The highest BCUT2D eigenvalue weighted by atomic mass is 35.5. The Morgan fingerprint density at radius 2 is 2.10 bits per heavy atom. The van der Waals surface area contributed by atoms with Crippen molar-refractivity contribution in [1.82, 2.24) is 5.32 Å². The minimum atomic E-state index is 0.404. The van der Waals surface area contributed by atoms with E-state index in [1.54, 1.807) is 0 Å². The fraction of sp³-hybridized carbons (Fsp3) is 0.529. The molecule has 1 fully saturated rings. The van der Waals surface area contributed by atoms with Gasteiger partial charge >= 0.3 is 0 Å². The van der Waals surface area contributed by atoms with Crippen LogP contribution in [0.5, 0.6) is 0 Å². The molecule has 1 aliphatic rings. The van der Waals surface area contributed by atoms with Gasteiger partial charge in [-0.15, -0.1) is 11.3 Å². The fourth-order valence-corrected chi connectivity index (χ4v) is 4.72. The molecule has 1 heterocycles. The Kier molecular flexibility index (Phi) is 4.07. The number of benzene rings is 1. The zero-order chi connectivity index (χ0) is 14.2. The molecule has 0 amide bonds. The van der Waals surface area contributed by atoms with Crippen LogP contribution in [0.15, 0.2) is 24.3 Å². The molecule has 0 radical (unpaired) electrons. The van der Waals surface area contributed by atoms with Gasteiger partial charge in [-0.1, -0.05) is 56.5 Å². The van der Waals surface area contributed by atoms with E-state index < -0.39 is 0 Å². The topological polar surface area (TPSA) is 12.0 Å². The Balaban J connectivity index is 1.75. The molecule has 1 atom stereocenters. The van der Waals surface area contributed by atoms with Gasteiger partial charge in [0, 0.05) is 27.5 Å². The van der Waals surface area contributed by atoms with E-state index in [-0.39, 0.29) is 0 Å². The summed E-state index contributed by atoms with van der Waals surface area (Å²) in [6.45, 7) is 5.67. The number of thiophene rings is 1. The first kappa shape index (κ1) is 14.4. The Morgan fingerprint density at radius 3 is 2.85 bits per heavy atom. The van der Waals surface area contributed by atoms with Crippen LogP contribution >= 0.6 is 22.9 Å². The highest BCUT2D eigenvalue weighted by Crippen LogP contribution is 2.38. The van der Waals surface area contributed by atoms with Gasteiger partial charge in [0.1, 0.15) is 0 Å². The lowest BCUT2D eigenvalue weighted by atomic mass is 9.73. The van der Waals surface area contributed by atoms with Crippen molar-refractivity contribution in [3.8, 4) is 0 Å². The molecule has 1 saturated carbocycles. The lowest BCUT2D eigenvalue weighted by molar-refractivity contribution is 0.167. The Bertz CT molecular complexity index is 602. The van der Waals surface area contributed by atoms with Gasteiger partial charge in [0.05, 0.1) is 5.02 Å². The van der Waals surface area contributed by atoms with E-state index in [0.717, 1.165) is 11.6 Å². The summed E-state index contributed by atoms with van der Waals surface area (Å²) in [7, 11) is 0. The van der Waals surface area contributed by atoms with Gasteiger partial charge in [0.15, 0.2) is 0 Å². The van der Waals surface area contributed by atoms with E-state index in [0.29, 0.717) is 11.5 Å². The molecule has 2 aromatic rings. The summed E-state index contributed by atoms with van der Waals surface area (Å²) in [4.78, 5) is 1.27. The molecule has 0 aliphatic heterocycles. The van der Waals surface area contributed by atoms with E-state index >= 15 is 0 Å². The van der Waals surface area contributed by atoms with Gasteiger partial charge in [0.2, 0.25) is 0 Å². The van der Waals surface area contributed by atoms with Gasteiger partial charge in [-0.05, 0) is 24.3 Å². The van der Waals surface area contributed by atoms with Crippen LogP contribution in [-0.2, 0) is 6.54 Å². The number of hydrogen-bond donors (Lipinski definition) is 1. The summed E-state index contributed by atoms with van der Waals surface area (Å²) in [6, 6.07) is 9.01. The third-order valence-corrected chi connectivity index (χ3v) is 6.33. The second-order valence-electron chi connectivity index (χ2n) is 6.50. The van der Waals surface area contributed by atoms with Crippen molar-refractivity contribution in [3.05, 3.63) is 34.2 Å². The van der Waals surface area contributed by atoms with Crippen molar-refractivity contribution in [1.29, 1.82) is 0 Å². The Morgan fingerprint density at radius 1 is 1.30 bits per heavy atom. The van der Waals surface area contributed by atoms with Crippen LogP contribution in [0.4, 0.5) is 0 Å². The SMILES string of the molecule is CC1(C)CCCCC1NCc1sc2ccccc2c1Cl. The average molecular weight is 308 g/mol. The smallest absolute Gasteiger partial charge is 0.0636 e. The summed E-state index contributed by atoms with van der Waals surface area (Å²) in [5, 5.41) is 5.89. The lowest BCUT2D eigenvalue weighted by Crippen LogP contribution is -2.43. The van der Waals surface area contributed by atoms with Gasteiger partial charge in [-0.25, -0.2) is 0 Å². The Hall–Kier alpha value is -0.570. The molecule has 1 aromatic heterocycles. The van der Waals surface area contributed by atoms with Gasteiger partial charge in [-0.2, -0.15) is 0 Å². The summed E-state index contributed by atoms with van der Waals surface area (Å²) in [5.74, 6) is 0. The molecular weight excluding hydrogens is 286 g/mol. The maximum Gasteiger partial charge on any atom is 0.0636 e. The molecule has 0 spiro atoms. The first-order valence-electron chi connectivity index (χ1n) is 7.47. The minimum Gasteiger partial charge on any atom is -0.309 e. The molecule has 1 aliphatic carbocycles. The summed E-state index contributed by atoms with van der Waals surface area (Å²) in [5.41, 5.74) is 0.404. The van der Waals surface area contributed by atoms with Gasteiger partial charge < -0.3 is 5.32 Å². The quantitative estimate of drug-likeness (QED) is 0.776. The second kappa shape index (κ2) is 5.67. The van der Waals surface area contributed by atoms with E-state index in [1.165, 1.54) is 40.6 Å². The molecular formula is C17H22ClNS. The first-order valence-corrected chi connectivity index (χ1v) is 8.67. The molecule has 1 unspecified atom stereocenters. The van der Waals surface area contributed by atoms with Crippen LogP contribution < -0.4 is 5.32 Å². The van der Waals surface area contributed by atoms with Crippen molar-refractivity contribution < 1.29 is 0 Å². The second-order valence-corrected chi connectivity index (χ2v) is 8.02. The number of rotatable bonds is 3. The van der Waals surface area contributed by atoms with Crippen LogP contribution in [0.2, 0.25) is 5.02 Å². The molecule has 0 saturated heterocycles. The molecule has 108 valence electrons. The third kappa shape index (κ3) is 2.74.